The van der Waals surface area contributed by atoms with Gasteiger partial charge in [-0.25, -0.2) is 0 Å². The smallest absolute Gasteiger partial charge is 0.0969 e. The van der Waals surface area contributed by atoms with Crippen LogP contribution in [0.1, 0.15) is 65.0 Å². The van der Waals surface area contributed by atoms with Crippen LogP contribution in [0.4, 0.5) is 11.4 Å². The van der Waals surface area contributed by atoms with Gasteiger partial charge in [-0.05, 0) is 96.5 Å². The Bertz CT molecular complexity index is 2580. The zero-order valence-electron chi connectivity index (χ0n) is 36.0. The molecule has 1 atom stereocenters. The fraction of sp³-hybridized carbons (Fsp3) is 0.179. The molecule has 0 saturated carbocycles. The van der Waals surface area contributed by atoms with Crippen molar-refractivity contribution in [1.29, 1.82) is 0 Å². The van der Waals surface area contributed by atoms with E-state index < -0.39 is 0 Å². The molecule has 0 saturated heterocycles. The quantitative estimate of drug-likeness (QED) is 0.131. The summed E-state index contributed by atoms with van der Waals surface area (Å²) in [7, 11) is 4.31. The van der Waals surface area contributed by atoms with Gasteiger partial charge < -0.3 is 9.80 Å². The molecule has 0 fully saturated rings. The van der Waals surface area contributed by atoms with E-state index in [1.165, 1.54) is 50.3 Å². The molecule has 0 aliphatic carbocycles. The summed E-state index contributed by atoms with van der Waals surface area (Å²) in [6.45, 7) is 11.8. The Kier molecular flexibility index (Phi) is 13.3. The first kappa shape index (κ1) is 41.4. The van der Waals surface area contributed by atoms with Crippen LogP contribution < -0.4 is 9.80 Å². The highest BCUT2D eigenvalue weighted by atomic mass is 15.1. The standard InChI is InChI=1S/C34H32N2.C22H24N2/c1-25(2)26-21-23-29(24-22-26)36(3)34(31-18-11-10-17-30(31)27-13-6-4-7-14-27)33-20-12-19-32(35-33)28-15-8-5-9-16-28;1-16-13-17(2)22(18(3)14-16)24(4)15-20-11-8-12-21(23-20)19-9-6-5-7-10-19/h4-25,34H,1-3H3;5-14H,15H2,1-4H3. The third-order valence-corrected chi connectivity index (χ3v) is 11.1. The lowest BCUT2D eigenvalue weighted by Gasteiger charge is -2.32. The van der Waals surface area contributed by atoms with Gasteiger partial charge in [0.25, 0.3) is 0 Å². The fourth-order valence-corrected chi connectivity index (χ4v) is 8.23. The van der Waals surface area contributed by atoms with E-state index in [9.17, 15) is 0 Å². The Morgan fingerprint density at radius 3 is 1.60 bits per heavy atom. The molecule has 0 N–H and O–H groups in total. The molecule has 0 aliphatic heterocycles. The Hall–Kier alpha value is -6.78. The maximum absolute atomic E-state index is 5.21. The predicted molar refractivity (Wildman–Crippen MR) is 255 cm³/mol. The van der Waals surface area contributed by atoms with Crippen molar-refractivity contribution in [2.24, 2.45) is 0 Å². The van der Waals surface area contributed by atoms with Crippen LogP contribution in [0.15, 0.2) is 188 Å². The molecule has 0 aliphatic rings. The van der Waals surface area contributed by atoms with E-state index in [0.29, 0.717) is 5.92 Å². The summed E-state index contributed by atoms with van der Waals surface area (Å²) >= 11 is 0. The predicted octanol–water partition coefficient (Wildman–Crippen LogP) is 14.1. The minimum atomic E-state index is -0.0602. The lowest BCUT2D eigenvalue weighted by molar-refractivity contribution is 0.757. The van der Waals surface area contributed by atoms with E-state index in [-0.39, 0.29) is 6.04 Å². The van der Waals surface area contributed by atoms with Gasteiger partial charge in [-0.3, -0.25) is 9.97 Å². The molecule has 8 aromatic rings. The van der Waals surface area contributed by atoms with Crippen molar-refractivity contribution in [3.8, 4) is 33.6 Å². The zero-order valence-corrected chi connectivity index (χ0v) is 36.0. The van der Waals surface area contributed by atoms with Crippen LogP contribution in [-0.4, -0.2) is 24.1 Å². The minimum absolute atomic E-state index is 0.0602. The largest absolute Gasteiger partial charge is 0.368 e. The highest BCUT2D eigenvalue weighted by Crippen LogP contribution is 2.38. The van der Waals surface area contributed by atoms with Crippen LogP contribution in [-0.2, 0) is 6.54 Å². The number of hydrogen-bond donors (Lipinski definition) is 0. The molecule has 60 heavy (non-hydrogen) atoms. The van der Waals surface area contributed by atoms with Crippen molar-refractivity contribution >= 4 is 11.4 Å². The average Bonchev–Trinajstić information content (AvgIpc) is 3.27. The highest BCUT2D eigenvalue weighted by molar-refractivity contribution is 5.71. The summed E-state index contributed by atoms with van der Waals surface area (Å²) in [5.74, 6) is 0.503. The molecule has 8 rings (SSSR count). The van der Waals surface area contributed by atoms with E-state index in [1.807, 2.05) is 12.1 Å². The average molecular weight is 785 g/mol. The lowest BCUT2D eigenvalue weighted by Crippen LogP contribution is -2.26. The van der Waals surface area contributed by atoms with Gasteiger partial charge in [0.05, 0.1) is 35.4 Å². The number of nitrogens with zero attached hydrogens (tertiary/aromatic N) is 4. The number of benzene rings is 6. The Balaban J connectivity index is 0.000000197. The Morgan fingerprint density at radius 2 is 1.02 bits per heavy atom. The third-order valence-electron chi connectivity index (χ3n) is 11.1. The molecule has 4 nitrogen and oxygen atoms in total. The normalized spacial score (nSPS) is 11.4. The molecule has 6 aromatic carbocycles. The molecule has 0 radical (unpaired) electrons. The van der Waals surface area contributed by atoms with Crippen molar-refractivity contribution in [1.82, 2.24) is 9.97 Å². The van der Waals surface area contributed by atoms with Gasteiger partial charge in [0.15, 0.2) is 0 Å². The molecule has 2 aromatic heterocycles. The third kappa shape index (κ3) is 9.90. The van der Waals surface area contributed by atoms with Crippen molar-refractivity contribution in [3.05, 3.63) is 227 Å². The highest BCUT2D eigenvalue weighted by Gasteiger charge is 2.25. The fourth-order valence-electron chi connectivity index (χ4n) is 8.23. The molecule has 1 unspecified atom stereocenters. The maximum atomic E-state index is 5.21. The van der Waals surface area contributed by atoms with Gasteiger partial charge in [0.2, 0.25) is 0 Å². The van der Waals surface area contributed by atoms with Crippen LogP contribution in [0, 0.1) is 20.8 Å². The molecule has 2 heterocycles. The molecule has 0 amide bonds. The van der Waals surface area contributed by atoms with Crippen molar-refractivity contribution in [2.75, 3.05) is 23.9 Å². The molecule has 0 spiro atoms. The van der Waals surface area contributed by atoms with E-state index in [1.54, 1.807) is 0 Å². The first-order chi connectivity index (χ1) is 29.2. The topological polar surface area (TPSA) is 32.3 Å². The monoisotopic (exact) mass is 784 g/mol. The van der Waals surface area contributed by atoms with Crippen molar-refractivity contribution < 1.29 is 0 Å². The summed E-state index contributed by atoms with van der Waals surface area (Å²) in [4.78, 5) is 14.7. The summed E-state index contributed by atoms with van der Waals surface area (Å²) in [5, 5.41) is 0. The second kappa shape index (κ2) is 19.3. The molecule has 0 bridgehead atoms. The van der Waals surface area contributed by atoms with Crippen molar-refractivity contribution in [3.63, 3.8) is 0 Å². The number of hydrogen-bond acceptors (Lipinski definition) is 4. The molecular weight excluding hydrogens is 729 g/mol. The van der Waals surface area contributed by atoms with Gasteiger partial charge in [-0.1, -0.05) is 171 Å². The molecule has 300 valence electrons. The van der Waals surface area contributed by atoms with Gasteiger partial charge in [-0.2, -0.15) is 0 Å². The lowest BCUT2D eigenvalue weighted by atomic mass is 9.91. The first-order valence-electron chi connectivity index (χ1n) is 21.0. The van der Waals surface area contributed by atoms with Gasteiger partial charge in [-0.15, -0.1) is 0 Å². The van der Waals surface area contributed by atoms with Gasteiger partial charge >= 0.3 is 0 Å². The Labute approximate surface area is 357 Å². The zero-order chi connectivity index (χ0) is 42.0. The van der Waals surface area contributed by atoms with Crippen molar-refractivity contribution in [2.45, 2.75) is 53.1 Å². The van der Waals surface area contributed by atoms with Gasteiger partial charge in [0, 0.05) is 36.6 Å². The van der Waals surface area contributed by atoms with E-state index >= 15 is 0 Å². The second-order valence-corrected chi connectivity index (χ2v) is 16.0. The summed E-state index contributed by atoms with van der Waals surface area (Å²) in [6.07, 6.45) is 0. The first-order valence-corrected chi connectivity index (χ1v) is 21.0. The number of aromatic nitrogens is 2. The van der Waals surface area contributed by atoms with Crippen LogP contribution in [0.5, 0.6) is 0 Å². The minimum Gasteiger partial charge on any atom is -0.368 e. The van der Waals surface area contributed by atoms with Crippen LogP contribution >= 0.6 is 0 Å². The molecular formula is C56H56N4. The summed E-state index contributed by atoms with van der Waals surface area (Å²) in [5.41, 5.74) is 17.8. The van der Waals surface area contributed by atoms with E-state index in [4.69, 9.17) is 9.97 Å². The van der Waals surface area contributed by atoms with Gasteiger partial charge in [0.1, 0.15) is 0 Å². The number of anilines is 2. The van der Waals surface area contributed by atoms with E-state index in [2.05, 4.69) is 234 Å². The summed E-state index contributed by atoms with van der Waals surface area (Å²) < 4.78 is 0. The van der Waals surface area contributed by atoms with Crippen LogP contribution in [0.3, 0.4) is 0 Å². The van der Waals surface area contributed by atoms with Crippen LogP contribution in [0.25, 0.3) is 33.6 Å². The van der Waals surface area contributed by atoms with Crippen LogP contribution in [0.2, 0.25) is 0 Å². The molecule has 4 heteroatoms. The number of aryl methyl sites for hydroxylation is 3. The number of rotatable bonds is 11. The second-order valence-electron chi connectivity index (χ2n) is 16.0. The maximum Gasteiger partial charge on any atom is 0.0969 e. The van der Waals surface area contributed by atoms with E-state index in [0.717, 1.165) is 40.4 Å². The SMILES string of the molecule is CC(C)c1ccc(N(C)C(c2cccc(-c3ccccc3)n2)c2ccccc2-c2ccccc2)cc1.Cc1cc(C)c(N(C)Cc2cccc(-c3ccccc3)n2)c(C)c1. The number of pyridine rings is 2. The Morgan fingerprint density at radius 1 is 0.500 bits per heavy atom. The summed E-state index contributed by atoms with van der Waals surface area (Å²) in [6, 6.07) is 66.1.